The highest BCUT2D eigenvalue weighted by atomic mass is 16.4. The molecule has 0 atom stereocenters. The van der Waals surface area contributed by atoms with Crippen LogP contribution in [-0.2, 0) is 0 Å². The van der Waals surface area contributed by atoms with Gasteiger partial charge in [-0.2, -0.15) is 5.10 Å². The highest BCUT2D eigenvalue weighted by molar-refractivity contribution is 6.09. The SMILES string of the molecule is C=C(/C=N\Nc1ccc(C)cc1C)c1cccc(C(=O)O)c1. The van der Waals surface area contributed by atoms with E-state index in [-0.39, 0.29) is 5.56 Å². The van der Waals surface area contributed by atoms with Crippen LogP contribution in [0.3, 0.4) is 0 Å². The van der Waals surface area contributed by atoms with E-state index < -0.39 is 5.97 Å². The number of allylic oxidation sites excluding steroid dienone is 1. The van der Waals surface area contributed by atoms with Crippen molar-refractivity contribution in [3.63, 3.8) is 0 Å². The van der Waals surface area contributed by atoms with Crippen molar-refractivity contribution in [2.75, 3.05) is 5.43 Å². The van der Waals surface area contributed by atoms with Gasteiger partial charge in [-0.05, 0) is 48.7 Å². The van der Waals surface area contributed by atoms with Gasteiger partial charge in [0.2, 0.25) is 0 Å². The fourth-order valence-corrected chi connectivity index (χ4v) is 2.05. The van der Waals surface area contributed by atoms with Crippen molar-refractivity contribution in [1.29, 1.82) is 0 Å². The molecule has 0 bridgehead atoms. The summed E-state index contributed by atoms with van der Waals surface area (Å²) in [5, 5.41) is 13.2. The van der Waals surface area contributed by atoms with Gasteiger partial charge in [0.25, 0.3) is 0 Å². The molecule has 2 rings (SSSR count). The molecule has 0 aromatic heterocycles. The largest absolute Gasteiger partial charge is 0.478 e. The van der Waals surface area contributed by atoms with Crippen LogP contribution in [0, 0.1) is 13.8 Å². The highest BCUT2D eigenvalue weighted by Crippen LogP contribution is 2.16. The van der Waals surface area contributed by atoms with Gasteiger partial charge in [-0.1, -0.05) is 36.4 Å². The Labute approximate surface area is 129 Å². The number of carbonyl (C=O) groups is 1. The average molecular weight is 294 g/mol. The molecule has 2 N–H and O–H groups in total. The van der Waals surface area contributed by atoms with Gasteiger partial charge in [-0.3, -0.25) is 5.43 Å². The summed E-state index contributed by atoms with van der Waals surface area (Å²) in [4.78, 5) is 11.0. The molecule has 0 spiro atoms. The Balaban J connectivity index is 2.08. The molecule has 0 aliphatic heterocycles. The van der Waals surface area contributed by atoms with Crippen LogP contribution in [0.2, 0.25) is 0 Å². The fraction of sp³-hybridized carbons (Fsp3) is 0.111. The summed E-state index contributed by atoms with van der Waals surface area (Å²) in [5.41, 5.74) is 7.80. The number of hydrogen-bond donors (Lipinski definition) is 2. The lowest BCUT2D eigenvalue weighted by molar-refractivity contribution is 0.0697. The van der Waals surface area contributed by atoms with E-state index in [1.807, 2.05) is 26.0 Å². The predicted octanol–water partition coefficient (Wildman–Crippen LogP) is 4.11. The zero-order valence-electron chi connectivity index (χ0n) is 12.6. The van der Waals surface area contributed by atoms with E-state index in [2.05, 4.69) is 23.2 Å². The highest BCUT2D eigenvalue weighted by Gasteiger charge is 2.04. The average Bonchev–Trinajstić information content (AvgIpc) is 2.49. The van der Waals surface area contributed by atoms with E-state index in [1.165, 1.54) is 5.56 Å². The molecule has 0 saturated heterocycles. The first-order chi connectivity index (χ1) is 10.5. The van der Waals surface area contributed by atoms with E-state index >= 15 is 0 Å². The number of anilines is 1. The smallest absolute Gasteiger partial charge is 0.335 e. The minimum absolute atomic E-state index is 0.231. The quantitative estimate of drug-likeness (QED) is 0.644. The van der Waals surface area contributed by atoms with E-state index in [9.17, 15) is 4.79 Å². The van der Waals surface area contributed by atoms with Crippen LogP contribution < -0.4 is 5.43 Å². The number of carboxylic acid groups (broad SMARTS) is 1. The molecule has 22 heavy (non-hydrogen) atoms. The van der Waals surface area contributed by atoms with Crippen LogP contribution in [0.25, 0.3) is 5.57 Å². The second-order valence-corrected chi connectivity index (χ2v) is 5.10. The summed E-state index contributed by atoms with van der Waals surface area (Å²) in [5.74, 6) is -0.958. The molecule has 0 unspecified atom stereocenters. The van der Waals surface area contributed by atoms with Crippen molar-refractivity contribution in [2.24, 2.45) is 5.10 Å². The summed E-state index contributed by atoms with van der Waals surface area (Å²) in [6.07, 6.45) is 1.58. The summed E-state index contributed by atoms with van der Waals surface area (Å²) >= 11 is 0. The van der Waals surface area contributed by atoms with Gasteiger partial charge in [-0.15, -0.1) is 0 Å². The predicted molar refractivity (Wildman–Crippen MR) is 90.5 cm³/mol. The lowest BCUT2D eigenvalue weighted by Crippen LogP contribution is -1.98. The fourth-order valence-electron chi connectivity index (χ4n) is 2.05. The molecular formula is C18H18N2O2. The Hall–Kier alpha value is -2.88. The number of hydrazone groups is 1. The van der Waals surface area contributed by atoms with Gasteiger partial charge in [0.1, 0.15) is 0 Å². The number of hydrogen-bond acceptors (Lipinski definition) is 3. The molecule has 4 heteroatoms. The molecule has 0 amide bonds. The van der Waals surface area contributed by atoms with Crippen molar-refractivity contribution in [3.05, 3.63) is 71.3 Å². The van der Waals surface area contributed by atoms with E-state index in [1.54, 1.807) is 30.5 Å². The van der Waals surface area contributed by atoms with Crippen molar-refractivity contribution in [1.82, 2.24) is 0 Å². The van der Waals surface area contributed by atoms with Crippen LogP contribution in [0.15, 0.2) is 54.1 Å². The first-order valence-electron chi connectivity index (χ1n) is 6.86. The molecule has 112 valence electrons. The van der Waals surface area contributed by atoms with Crippen LogP contribution in [0.1, 0.15) is 27.0 Å². The zero-order chi connectivity index (χ0) is 16.1. The Morgan fingerprint density at radius 2 is 1.91 bits per heavy atom. The van der Waals surface area contributed by atoms with Gasteiger partial charge in [0, 0.05) is 0 Å². The van der Waals surface area contributed by atoms with Crippen molar-refractivity contribution >= 4 is 23.4 Å². The lowest BCUT2D eigenvalue weighted by atomic mass is 10.1. The summed E-state index contributed by atoms with van der Waals surface area (Å²) in [6, 6.07) is 12.7. The standard InChI is InChI=1S/C18H18N2O2/c1-12-7-8-17(13(2)9-12)20-19-11-14(3)15-5-4-6-16(10-15)18(21)22/h4-11,20H,3H2,1-2H3,(H,21,22)/b19-11-. The Morgan fingerprint density at radius 3 is 2.59 bits per heavy atom. The van der Waals surface area contributed by atoms with Crippen molar-refractivity contribution in [3.8, 4) is 0 Å². The maximum Gasteiger partial charge on any atom is 0.335 e. The summed E-state index contributed by atoms with van der Waals surface area (Å²) in [7, 11) is 0. The molecule has 0 saturated carbocycles. The van der Waals surface area contributed by atoms with Gasteiger partial charge < -0.3 is 5.11 Å². The third-order valence-corrected chi connectivity index (χ3v) is 3.27. The zero-order valence-corrected chi connectivity index (χ0v) is 12.6. The number of rotatable bonds is 5. The van der Waals surface area contributed by atoms with Crippen molar-refractivity contribution in [2.45, 2.75) is 13.8 Å². The van der Waals surface area contributed by atoms with Crippen molar-refractivity contribution < 1.29 is 9.90 Å². The maximum absolute atomic E-state index is 11.0. The first-order valence-corrected chi connectivity index (χ1v) is 6.86. The molecule has 0 heterocycles. The number of nitrogens with zero attached hydrogens (tertiary/aromatic N) is 1. The molecule has 4 nitrogen and oxygen atoms in total. The third-order valence-electron chi connectivity index (χ3n) is 3.27. The Bertz CT molecular complexity index is 749. The minimum atomic E-state index is -0.958. The van der Waals surface area contributed by atoms with Gasteiger partial charge in [-0.25, -0.2) is 4.79 Å². The number of aromatic carboxylic acids is 1. The third kappa shape index (κ3) is 3.82. The van der Waals surface area contributed by atoms with Gasteiger partial charge in [0.05, 0.1) is 17.5 Å². The minimum Gasteiger partial charge on any atom is -0.478 e. The molecule has 2 aromatic carbocycles. The van der Waals surface area contributed by atoms with E-state index in [0.29, 0.717) is 5.57 Å². The first kappa shape index (κ1) is 15.5. The van der Waals surface area contributed by atoms with Gasteiger partial charge >= 0.3 is 5.97 Å². The molecular weight excluding hydrogens is 276 g/mol. The lowest BCUT2D eigenvalue weighted by Gasteiger charge is -2.06. The molecule has 2 aromatic rings. The Morgan fingerprint density at radius 1 is 1.18 bits per heavy atom. The topological polar surface area (TPSA) is 61.7 Å². The second-order valence-electron chi connectivity index (χ2n) is 5.10. The maximum atomic E-state index is 11.0. The number of aryl methyl sites for hydroxylation is 2. The van der Waals surface area contributed by atoms with E-state index in [4.69, 9.17) is 5.11 Å². The van der Waals surface area contributed by atoms with Crippen LogP contribution in [0.4, 0.5) is 5.69 Å². The van der Waals surface area contributed by atoms with Crippen LogP contribution in [-0.4, -0.2) is 17.3 Å². The molecule has 0 radical (unpaired) electrons. The van der Waals surface area contributed by atoms with Gasteiger partial charge in [0.15, 0.2) is 0 Å². The molecule has 0 aliphatic rings. The number of benzene rings is 2. The monoisotopic (exact) mass is 294 g/mol. The van der Waals surface area contributed by atoms with E-state index in [0.717, 1.165) is 16.8 Å². The van der Waals surface area contributed by atoms with Crippen LogP contribution in [0.5, 0.6) is 0 Å². The summed E-state index contributed by atoms with van der Waals surface area (Å²) < 4.78 is 0. The number of carboxylic acids is 1. The normalized spacial score (nSPS) is 10.6. The Kier molecular flexibility index (Phi) is 4.73. The molecule has 0 aliphatic carbocycles. The summed E-state index contributed by atoms with van der Waals surface area (Å²) in [6.45, 7) is 7.96. The molecule has 0 fully saturated rings. The number of nitrogens with one attached hydrogen (secondary N) is 1. The second kappa shape index (κ2) is 6.72. The van der Waals surface area contributed by atoms with Crippen LogP contribution >= 0.6 is 0 Å².